The zero-order chi connectivity index (χ0) is 11.8. The van der Waals surface area contributed by atoms with Crippen LogP contribution in [0.5, 0.6) is 0 Å². The van der Waals surface area contributed by atoms with Crippen molar-refractivity contribution in [2.75, 3.05) is 0 Å². The van der Waals surface area contributed by atoms with Crippen LogP contribution in [0.4, 0.5) is 0 Å². The quantitative estimate of drug-likeness (QED) is 0.744. The summed E-state index contributed by atoms with van der Waals surface area (Å²) in [6, 6.07) is 8.72. The Morgan fingerprint density at radius 3 is 2.44 bits per heavy atom. The molecule has 1 aromatic rings. The lowest BCUT2D eigenvalue weighted by Gasteiger charge is -2.17. The standard InChI is InChI=1S/C14H22ClN/c1-3-6-14(7-4-2)16-11-12-8-5-9-13(15)10-12/h5,8-10,14,16H,3-4,6-7,11H2,1-2H3. The van der Waals surface area contributed by atoms with Crippen molar-refractivity contribution >= 4 is 11.6 Å². The van der Waals surface area contributed by atoms with Crippen LogP contribution in [0, 0.1) is 0 Å². The van der Waals surface area contributed by atoms with E-state index in [4.69, 9.17) is 11.6 Å². The minimum atomic E-state index is 0.647. The van der Waals surface area contributed by atoms with Crippen LogP contribution in [0.2, 0.25) is 5.02 Å². The lowest BCUT2D eigenvalue weighted by Crippen LogP contribution is -2.28. The molecule has 90 valence electrons. The Kier molecular flexibility index (Phi) is 6.51. The van der Waals surface area contributed by atoms with Gasteiger partial charge in [-0.3, -0.25) is 0 Å². The van der Waals surface area contributed by atoms with Crippen molar-refractivity contribution in [2.24, 2.45) is 0 Å². The minimum absolute atomic E-state index is 0.647. The van der Waals surface area contributed by atoms with Gasteiger partial charge in [0.2, 0.25) is 0 Å². The Balaban J connectivity index is 2.41. The summed E-state index contributed by atoms with van der Waals surface area (Å²) in [6.07, 6.45) is 5.00. The highest BCUT2D eigenvalue weighted by atomic mass is 35.5. The number of rotatable bonds is 7. The zero-order valence-corrected chi connectivity index (χ0v) is 11.1. The van der Waals surface area contributed by atoms with Crippen LogP contribution in [0.1, 0.15) is 45.1 Å². The average Bonchev–Trinajstić information content (AvgIpc) is 2.27. The van der Waals surface area contributed by atoms with Crippen molar-refractivity contribution < 1.29 is 0 Å². The third-order valence-corrected chi connectivity index (χ3v) is 2.99. The van der Waals surface area contributed by atoms with Gasteiger partial charge in [0, 0.05) is 17.6 Å². The second-order valence-corrected chi connectivity index (χ2v) is 4.72. The third kappa shape index (κ3) is 5.00. The van der Waals surface area contributed by atoms with Gasteiger partial charge in [0.25, 0.3) is 0 Å². The van der Waals surface area contributed by atoms with Crippen molar-refractivity contribution in [3.63, 3.8) is 0 Å². The second kappa shape index (κ2) is 7.70. The maximum absolute atomic E-state index is 5.95. The molecule has 0 aliphatic carbocycles. The number of nitrogens with one attached hydrogen (secondary N) is 1. The topological polar surface area (TPSA) is 12.0 Å². The predicted molar refractivity (Wildman–Crippen MR) is 71.9 cm³/mol. The van der Waals surface area contributed by atoms with E-state index in [0.717, 1.165) is 11.6 Å². The molecule has 1 nitrogen and oxygen atoms in total. The molecule has 0 spiro atoms. The molecule has 0 aliphatic heterocycles. The van der Waals surface area contributed by atoms with Crippen LogP contribution in [0.15, 0.2) is 24.3 Å². The van der Waals surface area contributed by atoms with E-state index in [1.807, 2.05) is 18.2 Å². The molecule has 0 unspecified atom stereocenters. The van der Waals surface area contributed by atoms with Gasteiger partial charge in [0.05, 0.1) is 0 Å². The van der Waals surface area contributed by atoms with E-state index in [-0.39, 0.29) is 0 Å². The van der Waals surface area contributed by atoms with E-state index in [0.29, 0.717) is 6.04 Å². The summed E-state index contributed by atoms with van der Waals surface area (Å²) < 4.78 is 0. The maximum Gasteiger partial charge on any atom is 0.0409 e. The SMILES string of the molecule is CCCC(CCC)NCc1cccc(Cl)c1. The highest BCUT2D eigenvalue weighted by Crippen LogP contribution is 2.11. The molecule has 0 amide bonds. The largest absolute Gasteiger partial charge is 0.310 e. The van der Waals surface area contributed by atoms with Gasteiger partial charge in [-0.25, -0.2) is 0 Å². The molecule has 0 saturated heterocycles. The molecular formula is C14H22ClN. The summed E-state index contributed by atoms with van der Waals surface area (Å²) in [5.41, 5.74) is 1.27. The first-order chi connectivity index (χ1) is 7.76. The van der Waals surface area contributed by atoms with E-state index >= 15 is 0 Å². The fraction of sp³-hybridized carbons (Fsp3) is 0.571. The Morgan fingerprint density at radius 1 is 1.19 bits per heavy atom. The predicted octanol–water partition coefficient (Wildman–Crippen LogP) is 4.40. The summed E-state index contributed by atoms with van der Waals surface area (Å²) in [4.78, 5) is 0. The highest BCUT2D eigenvalue weighted by molar-refractivity contribution is 6.30. The monoisotopic (exact) mass is 239 g/mol. The second-order valence-electron chi connectivity index (χ2n) is 4.29. The van der Waals surface area contributed by atoms with Gasteiger partial charge in [-0.2, -0.15) is 0 Å². The van der Waals surface area contributed by atoms with Crippen LogP contribution in [-0.2, 0) is 6.54 Å². The van der Waals surface area contributed by atoms with Crippen LogP contribution < -0.4 is 5.32 Å². The Bertz CT molecular complexity index is 293. The molecule has 0 saturated carbocycles. The van der Waals surface area contributed by atoms with Crippen molar-refractivity contribution in [1.82, 2.24) is 5.32 Å². The first kappa shape index (κ1) is 13.5. The van der Waals surface area contributed by atoms with Gasteiger partial charge in [-0.05, 0) is 30.5 Å². The Hall–Kier alpha value is -0.530. The van der Waals surface area contributed by atoms with Gasteiger partial charge in [-0.1, -0.05) is 50.4 Å². The smallest absolute Gasteiger partial charge is 0.0409 e. The molecule has 0 atom stereocenters. The van der Waals surface area contributed by atoms with Gasteiger partial charge in [0.15, 0.2) is 0 Å². The van der Waals surface area contributed by atoms with Crippen molar-refractivity contribution in [1.29, 1.82) is 0 Å². The highest BCUT2D eigenvalue weighted by Gasteiger charge is 2.05. The first-order valence-corrected chi connectivity index (χ1v) is 6.61. The summed E-state index contributed by atoms with van der Waals surface area (Å²) in [5, 5.41) is 4.43. The molecule has 1 N–H and O–H groups in total. The van der Waals surface area contributed by atoms with Crippen LogP contribution >= 0.6 is 11.6 Å². The summed E-state index contributed by atoms with van der Waals surface area (Å²) in [6.45, 7) is 5.40. The van der Waals surface area contributed by atoms with Crippen LogP contribution in [0.3, 0.4) is 0 Å². The molecule has 2 heteroatoms. The first-order valence-electron chi connectivity index (χ1n) is 6.24. The van der Waals surface area contributed by atoms with Crippen LogP contribution in [-0.4, -0.2) is 6.04 Å². The van der Waals surface area contributed by atoms with Gasteiger partial charge >= 0.3 is 0 Å². The van der Waals surface area contributed by atoms with Crippen molar-refractivity contribution in [3.05, 3.63) is 34.9 Å². The molecule has 0 aromatic heterocycles. The van der Waals surface area contributed by atoms with Crippen molar-refractivity contribution in [2.45, 2.75) is 52.1 Å². The summed E-state index contributed by atoms with van der Waals surface area (Å²) >= 11 is 5.95. The number of hydrogen-bond acceptors (Lipinski definition) is 1. The maximum atomic E-state index is 5.95. The van der Waals surface area contributed by atoms with E-state index < -0.39 is 0 Å². The normalized spacial score (nSPS) is 11.0. The molecule has 16 heavy (non-hydrogen) atoms. The number of benzene rings is 1. The molecular weight excluding hydrogens is 218 g/mol. The lowest BCUT2D eigenvalue weighted by molar-refractivity contribution is 0.443. The molecule has 0 heterocycles. The Labute approximate surface area is 104 Å². The molecule has 1 aromatic carbocycles. The van der Waals surface area contributed by atoms with E-state index in [1.54, 1.807) is 0 Å². The molecule has 0 radical (unpaired) electrons. The molecule has 1 rings (SSSR count). The fourth-order valence-electron chi connectivity index (χ4n) is 1.95. The molecule has 0 fully saturated rings. The van der Waals surface area contributed by atoms with Gasteiger partial charge in [-0.15, -0.1) is 0 Å². The van der Waals surface area contributed by atoms with Gasteiger partial charge in [0.1, 0.15) is 0 Å². The molecule has 0 bridgehead atoms. The van der Waals surface area contributed by atoms with E-state index in [9.17, 15) is 0 Å². The Morgan fingerprint density at radius 2 is 1.88 bits per heavy atom. The summed E-state index contributed by atoms with van der Waals surface area (Å²) in [5.74, 6) is 0. The van der Waals surface area contributed by atoms with Crippen molar-refractivity contribution in [3.8, 4) is 0 Å². The lowest BCUT2D eigenvalue weighted by atomic mass is 10.1. The number of halogens is 1. The fourth-order valence-corrected chi connectivity index (χ4v) is 2.17. The van der Waals surface area contributed by atoms with Gasteiger partial charge < -0.3 is 5.32 Å². The number of hydrogen-bond donors (Lipinski definition) is 1. The zero-order valence-electron chi connectivity index (χ0n) is 10.3. The average molecular weight is 240 g/mol. The molecule has 0 aliphatic rings. The van der Waals surface area contributed by atoms with Crippen LogP contribution in [0.25, 0.3) is 0 Å². The van der Waals surface area contributed by atoms with E-state index in [1.165, 1.54) is 31.2 Å². The third-order valence-electron chi connectivity index (χ3n) is 2.76. The minimum Gasteiger partial charge on any atom is -0.310 e. The summed E-state index contributed by atoms with van der Waals surface area (Å²) in [7, 11) is 0. The van der Waals surface area contributed by atoms with E-state index in [2.05, 4.69) is 25.2 Å².